The minimum atomic E-state index is 0.404. The van der Waals surface area contributed by atoms with E-state index in [9.17, 15) is 0 Å². The van der Waals surface area contributed by atoms with Crippen LogP contribution in [0.1, 0.15) is 24.8 Å². The highest BCUT2D eigenvalue weighted by atomic mass is 35.5. The highest BCUT2D eigenvalue weighted by Crippen LogP contribution is 2.34. The van der Waals surface area contributed by atoms with Crippen molar-refractivity contribution in [1.29, 1.82) is 0 Å². The number of hydrogen-bond acceptors (Lipinski definition) is 2. The molecule has 2 N–H and O–H groups in total. The SMILES string of the molecule is CC(CCN)c1c(Cl)cccc1N(C)C. The first-order valence-corrected chi connectivity index (χ1v) is 5.61. The van der Waals surface area contributed by atoms with E-state index in [1.807, 2.05) is 26.2 Å². The first kappa shape index (κ1) is 12.3. The average Bonchev–Trinajstić information content (AvgIpc) is 2.17. The highest BCUT2D eigenvalue weighted by molar-refractivity contribution is 6.31. The summed E-state index contributed by atoms with van der Waals surface area (Å²) in [4.78, 5) is 2.09. The summed E-state index contributed by atoms with van der Waals surface area (Å²) in [6.45, 7) is 2.86. The normalized spacial score (nSPS) is 12.6. The van der Waals surface area contributed by atoms with E-state index >= 15 is 0 Å². The zero-order valence-corrected chi connectivity index (χ0v) is 10.4. The minimum absolute atomic E-state index is 0.404. The summed E-state index contributed by atoms with van der Waals surface area (Å²) in [6, 6.07) is 6.02. The maximum atomic E-state index is 6.24. The number of anilines is 1. The van der Waals surface area contributed by atoms with Gasteiger partial charge in [-0.3, -0.25) is 0 Å². The first-order chi connectivity index (χ1) is 7.07. The Labute approximate surface area is 97.0 Å². The van der Waals surface area contributed by atoms with E-state index in [1.165, 1.54) is 11.3 Å². The molecular formula is C12H19ClN2. The smallest absolute Gasteiger partial charge is 0.0461 e. The fourth-order valence-corrected chi connectivity index (χ4v) is 2.15. The zero-order valence-electron chi connectivity index (χ0n) is 9.63. The van der Waals surface area contributed by atoms with Gasteiger partial charge < -0.3 is 10.6 Å². The Bertz CT molecular complexity index is 323. The van der Waals surface area contributed by atoms with Crippen LogP contribution in [0.3, 0.4) is 0 Å². The molecule has 84 valence electrons. The largest absolute Gasteiger partial charge is 0.377 e. The molecule has 1 rings (SSSR count). The maximum absolute atomic E-state index is 6.24. The van der Waals surface area contributed by atoms with Crippen molar-refractivity contribution in [3.63, 3.8) is 0 Å². The second-order valence-corrected chi connectivity index (χ2v) is 4.45. The number of nitrogens with two attached hydrogens (primary N) is 1. The molecule has 2 nitrogen and oxygen atoms in total. The van der Waals surface area contributed by atoms with E-state index in [-0.39, 0.29) is 0 Å². The fourth-order valence-electron chi connectivity index (χ4n) is 1.80. The van der Waals surface area contributed by atoms with Crippen molar-refractivity contribution < 1.29 is 0 Å². The predicted octanol–water partition coefficient (Wildman–Crippen LogP) is 2.86. The lowest BCUT2D eigenvalue weighted by molar-refractivity contribution is 0.689. The molecular weight excluding hydrogens is 208 g/mol. The molecule has 1 aromatic carbocycles. The molecule has 3 heteroatoms. The standard InChI is InChI=1S/C12H19ClN2/c1-9(7-8-14)12-10(13)5-4-6-11(12)15(2)3/h4-6,9H,7-8,14H2,1-3H3. The van der Waals surface area contributed by atoms with E-state index in [4.69, 9.17) is 17.3 Å². The Morgan fingerprint density at radius 1 is 1.40 bits per heavy atom. The Morgan fingerprint density at radius 2 is 2.07 bits per heavy atom. The maximum Gasteiger partial charge on any atom is 0.0461 e. The third-order valence-corrected chi connectivity index (χ3v) is 2.93. The monoisotopic (exact) mass is 226 g/mol. The molecule has 0 aromatic heterocycles. The summed E-state index contributed by atoms with van der Waals surface area (Å²) in [5, 5.41) is 0.835. The second-order valence-electron chi connectivity index (χ2n) is 4.05. The molecule has 0 bridgehead atoms. The van der Waals surface area contributed by atoms with Crippen LogP contribution in [0.4, 0.5) is 5.69 Å². The summed E-state index contributed by atoms with van der Waals surface area (Å²) in [5.41, 5.74) is 7.97. The molecule has 1 unspecified atom stereocenters. The molecule has 0 fully saturated rings. The second kappa shape index (κ2) is 5.38. The van der Waals surface area contributed by atoms with Gasteiger partial charge >= 0.3 is 0 Å². The van der Waals surface area contributed by atoms with Crippen LogP contribution in [0.15, 0.2) is 18.2 Å². The van der Waals surface area contributed by atoms with Gasteiger partial charge in [0.25, 0.3) is 0 Å². The van der Waals surface area contributed by atoms with Gasteiger partial charge in [-0.05, 0) is 36.6 Å². The van der Waals surface area contributed by atoms with Crippen molar-refractivity contribution in [3.05, 3.63) is 28.8 Å². The van der Waals surface area contributed by atoms with E-state index < -0.39 is 0 Å². The lowest BCUT2D eigenvalue weighted by Gasteiger charge is -2.22. The highest BCUT2D eigenvalue weighted by Gasteiger charge is 2.14. The van der Waals surface area contributed by atoms with Gasteiger partial charge in [0.15, 0.2) is 0 Å². The van der Waals surface area contributed by atoms with Gasteiger partial charge in [0.2, 0.25) is 0 Å². The Hall–Kier alpha value is -0.730. The summed E-state index contributed by atoms with van der Waals surface area (Å²) in [5.74, 6) is 0.404. The van der Waals surface area contributed by atoms with Crippen molar-refractivity contribution >= 4 is 17.3 Å². The molecule has 0 saturated carbocycles. The van der Waals surface area contributed by atoms with E-state index in [1.54, 1.807) is 0 Å². The van der Waals surface area contributed by atoms with Gasteiger partial charge in [0.1, 0.15) is 0 Å². The first-order valence-electron chi connectivity index (χ1n) is 5.23. The molecule has 0 aliphatic carbocycles. The number of rotatable bonds is 4. The lowest BCUT2D eigenvalue weighted by atomic mass is 9.95. The Morgan fingerprint density at radius 3 is 2.60 bits per heavy atom. The van der Waals surface area contributed by atoms with E-state index in [0.717, 1.165) is 11.4 Å². The lowest BCUT2D eigenvalue weighted by Crippen LogP contribution is -2.14. The number of halogens is 1. The van der Waals surface area contributed by atoms with E-state index in [0.29, 0.717) is 12.5 Å². The summed E-state index contributed by atoms with van der Waals surface area (Å²) in [7, 11) is 4.06. The van der Waals surface area contributed by atoms with Crippen LogP contribution < -0.4 is 10.6 Å². The van der Waals surface area contributed by atoms with Crippen LogP contribution >= 0.6 is 11.6 Å². The van der Waals surface area contributed by atoms with Crippen LogP contribution in [-0.2, 0) is 0 Å². The molecule has 0 aliphatic heterocycles. The molecule has 0 amide bonds. The predicted molar refractivity (Wildman–Crippen MR) is 67.9 cm³/mol. The summed E-state index contributed by atoms with van der Waals surface area (Å²) >= 11 is 6.24. The van der Waals surface area contributed by atoms with Gasteiger partial charge in [-0.25, -0.2) is 0 Å². The van der Waals surface area contributed by atoms with Gasteiger partial charge in [0.05, 0.1) is 0 Å². The fraction of sp³-hybridized carbons (Fsp3) is 0.500. The average molecular weight is 227 g/mol. The molecule has 0 heterocycles. The van der Waals surface area contributed by atoms with E-state index in [2.05, 4.69) is 17.9 Å². The quantitative estimate of drug-likeness (QED) is 0.856. The molecule has 15 heavy (non-hydrogen) atoms. The molecule has 0 spiro atoms. The van der Waals surface area contributed by atoms with Crippen LogP contribution in [0.2, 0.25) is 5.02 Å². The Kier molecular flexibility index (Phi) is 4.43. The number of nitrogens with zero attached hydrogens (tertiary/aromatic N) is 1. The molecule has 1 aromatic rings. The van der Waals surface area contributed by atoms with Crippen molar-refractivity contribution in [2.24, 2.45) is 5.73 Å². The third-order valence-electron chi connectivity index (χ3n) is 2.60. The van der Waals surface area contributed by atoms with Crippen LogP contribution in [0.25, 0.3) is 0 Å². The van der Waals surface area contributed by atoms with Crippen LogP contribution in [0, 0.1) is 0 Å². The molecule has 1 atom stereocenters. The molecule has 0 aliphatic rings. The van der Waals surface area contributed by atoms with Gasteiger partial charge in [-0.15, -0.1) is 0 Å². The van der Waals surface area contributed by atoms with Crippen molar-refractivity contribution in [3.8, 4) is 0 Å². The summed E-state index contributed by atoms with van der Waals surface area (Å²) in [6.07, 6.45) is 0.963. The number of benzene rings is 1. The van der Waals surface area contributed by atoms with Crippen molar-refractivity contribution in [1.82, 2.24) is 0 Å². The van der Waals surface area contributed by atoms with Gasteiger partial charge in [-0.2, -0.15) is 0 Å². The molecule has 0 saturated heterocycles. The summed E-state index contributed by atoms with van der Waals surface area (Å²) < 4.78 is 0. The van der Waals surface area contributed by atoms with Gasteiger partial charge in [0, 0.05) is 24.8 Å². The van der Waals surface area contributed by atoms with Crippen molar-refractivity contribution in [2.45, 2.75) is 19.3 Å². The third kappa shape index (κ3) is 2.86. The zero-order chi connectivity index (χ0) is 11.4. The topological polar surface area (TPSA) is 29.3 Å². The minimum Gasteiger partial charge on any atom is -0.377 e. The molecule has 0 radical (unpaired) electrons. The Balaban J connectivity index is 3.12. The number of hydrogen-bond donors (Lipinski definition) is 1. The van der Waals surface area contributed by atoms with Gasteiger partial charge in [-0.1, -0.05) is 24.6 Å². The van der Waals surface area contributed by atoms with Crippen LogP contribution in [-0.4, -0.2) is 20.6 Å². The van der Waals surface area contributed by atoms with Crippen molar-refractivity contribution in [2.75, 3.05) is 25.5 Å². The van der Waals surface area contributed by atoms with Crippen LogP contribution in [0.5, 0.6) is 0 Å².